The zero-order valence-corrected chi connectivity index (χ0v) is 19.2. The number of carbonyl (C=O) groups is 1. The predicted octanol–water partition coefficient (Wildman–Crippen LogP) is 4.90. The third-order valence-corrected chi connectivity index (χ3v) is 5.78. The Hall–Kier alpha value is -4.61. The van der Waals surface area contributed by atoms with Gasteiger partial charge in [0.15, 0.2) is 0 Å². The predicted molar refractivity (Wildman–Crippen MR) is 127 cm³/mol. The average Bonchev–Trinajstić information content (AvgIpc) is 3.32. The van der Waals surface area contributed by atoms with Gasteiger partial charge < -0.3 is 15.5 Å². The Morgan fingerprint density at radius 2 is 1.89 bits per heavy atom. The number of hydrogen-bond donors (Lipinski definition) is 2. The number of para-hydroxylation sites is 1. The van der Waals surface area contributed by atoms with Crippen molar-refractivity contribution in [3.8, 4) is 28.4 Å². The van der Waals surface area contributed by atoms with Crippen molar-refractivity contribution in [3.05, 3.63) is 66.0 Å². The number of ether oxygens (including phenoxy) is 1. The Morgan fingerprint density at radius 1 is 1.11 bits per heavy atom. The molecule has 1 aliphatic rings. The highest BCUT2D eigenvalue weighted by molar-refractivity contribution is 6.05. The smallest absolute Gasteiger partial charge is 0.405 e. The molecule has 4 aromatic rings. The number of anilines is 3. The van der Waals surface area contributed by atoms with E-state index in [1.165, 1.54) is 29.3 Å². The molecule has 0 fully saturated rings. The molecular formula is C24H20F3N7O2. The van der Waals surface area contributed by atoms with Crippen LogP contribution in [-0.2, 0) is 6.54 Å². The first-order chi connectivity index (χ1) is 17.1. The standard InChI is InChI=1S/C24H20F3N7O2/c1-13-7-8-14(9-18(13)34-12-15-10-30-22(28)32-21(15)33(2)23(34)35)20-29-11-17(31-20)16-5-3-4-6-19(16)36-24(25,26)27/h3-11H,12H2,1-2H3,(H,29,31)(H2,28,30,32). The quantitative estimate of drug-likeness (QED) is 0.416. The maximum Gasteiger partial charge on any atom is 0.573 e. The van der Waals surface area contributed by atoms with Gasteiger partial charge in [-0.25, -0.2) is 14.8 Å². The number of benzene rings is 2. The molecule has 0 unspecified atom stereocenters. The number of imidazole rings is 1. The number of aromatic amines is 1. The van der Waals surface area contributed by atoms with Gasteiger partial charge in [0.05, 0.1) is 18.4 Å². The molecule has 2 amide bonds. The van der Waals surface area contributed by atoms with Crippen LogP contribution in [0.2, 0.25) is 0 Å². The summed E-state index contributed by atoms with van der Waals surface area (Å²) < 4.78 is 42.7. The zero-order valence-electron chi connectivity index (χ0n) is 19.2. The lowest BCUT2D eigenvalue weighted by Gasteiger charge is -2.34. The molecule has 0 saturated carbocycles. The molecular weight excluding hydrogens is 475 g/mol. The van der Waals surface area contributed by atoms with Gasteiger partial charge in [0.1, 0.15) is 17.4 Å². The summed E-state index contributed by atoms with van der Waals surface area (Å²) in [6.45, 7) is 2.12. The van der Waals surface area contributed by atoms with E-state index >= 15 is 0 Å². The van der Waals surface area contributed by atoms with E-state index < -0.39 is 6.36 Å². The Bertz CT molecular complexity index is 1470. The first-order valence-corrected chi connectivity index (χ1v) is 10.8. The van der Waals surface area contributed by atoms with Crippen molar-refractivity contribution < 1.29 is 22.7 Å². The first-order valence-electron chi connectivity index (χ1n) is 10.8. The van der Waals surface area contributed by atoms with E-state index in [1.807, 2.05) is 19.1 Å². The minimum absolute atomic E-state index is 0.0795. The number of halogens is 3. The third-order valence-electron chi connectivity index (χ3n) is 5.78. The average molecular weight is 495 g/mol. The van der Waals surface area contributed by atoms with Gasteiger partial charge >= 0.3 is 12.4 Å². The van der Waals surface area contributed by atoms with E-state index in [0.29, 0.717) is 28.6 Å². The van der Waals surface area contributed by atoms with Gasteiger partial charge in [0.2, 0.25) is 5.95 Å². The van der Waals surface area contributed by atoms with Crippen molar-refractivity contribution >= 4 is 23.5 Å². The van der Waals surface area contributed by atoms with Crippen LogP contribution in [0.4, 0.5) is 35.4 Å². The van der Waals surface area contributed by atoms with Crippen LogP contribution in [0.15, 0.2) is 54.9 Å². The molecule has 184 valence electrons. The second-order valence-corrected chi connectivity index (χ2v) is 8.20. The van der Waals surface area contributed by atoms with Gasteiger partial charge in [0.25, 0.3) is 0 Å². The van der Waals surface area contributed by atoms with Gasteiger partial charge in [0, 0.05) is 35.6 Å². The molecule has 36 heavy (non-hydrogen) atoms. The highest BCUT2D eigenvalue weighted by Gasteiger charge is 2.33. The van der Waals surface area contributed by atoms with Crippen molar-refractivity contribution in [1.29, 1.82) is 0 Å². The summed E-state index contributed by atoms with van der Waals surface area (Å²) >= 11 is 0. The van der Waals surface area contributed by atoms with Crippen molar-refractivity contribution in [1.82, 2.24) is 19.9 Å². The molecule has 1 aliphatic heterocycles. The molecule has 2 aromatic carbocycles. The van der Waals surface area contributed by atoms with Crippen LogP contribution in [-0.4, -0.2) is 39.4 Å². The summed E-state index contributed by atoms with van der Waals surface area (Å²) in [5.41, 5.74) is 9.11. The molecule has 3 N–H and O–H groups in total. The minimum atomic E-state index is -4.83. The van der Waals surface area contributed by atoms with Crippen molar-refractivity contribution in [2.75, 3.05) is 22.6 Å². The molecule has 2 aromatic heterocycles. The highest BCUT2D eigenvalue weighted by Crippen LogP contribution is 2.36. The Morgan fingerprint density at radius 3 is 2.67 bits per heavy atom. The fourth-order valence-corrected chi connectivity index (χ4v) is 4.07. The van der Waals surface area contributed by atoms with Gasteiger partial charge in [-0.05, 0) is 30.7 Å². The number of aromatic nitrogens is 4. The number of nitrogens with two attached hydrogens (primary N) is 1. The Labute approximate surface area is 203 Å². The second-order valence-electron chi connectivity index (χ2n) is 8.20. The minimum Gasteiger partial charge on any atom is -0.405 e. The van der Waals surface area contributed by atoms with Crippen LogP contribution in [0.1, 0.15) is 11.1 Å². The van der Waals surface area contributed by atoms with Crippen LogP contribution >= 0.6 is 0 Å². The molecule has 5 rings (SSSR count). The molecule has 0 bridgehead atoms. The zero-order chi connectivity index (χ0) is 25.6. The van der Waals surface area contributed by atoms with E-state index in [0.717, 1.165) is 11.1 Å². The van der Waals surface area contributed by atoms with E-state index in [4.69, 9.17) is 5.73 Å². The molecule has 0 atom stereocenters. The number of rotatable bonds is 4. The lowest BCUT2D eigenvalue weighted by Crippen LogP contribution is -2.46. The van der Waals surface area contributed by atoms with Crippen molar-refractivity contribution in [3.63, 3.8) is 0 Å². The Kier molecular flexibility index (Phi) is 5.50. The van der Waals surface area contributed by atoms with Crippen LogP contribution in [0.5, 0.6) is 5.75 Å². The summed E-state index contributed by atoms with van der Waals surface area (Å²) in [6.07, 6.45) is -1.80. The first kappa shape index (κ1) is 23.1. The van der Waals surface area contributed by atoms with E-state index in [9.17, 15) is 18.0 Å². The number of nitrogen functional groups attached to an aromatic ring is 1. The number of aryl methyl sites for hydroxylation is 1. The maximum atomic E-state index is 13.2. The number of urea groups is 1. The van der Waals surface area contributed by atoms with Gasteiger partial charge in [-0.2, -0.15) is 4.98 Å². The van der Waals surface area contributed by atoms with E-state index in [2.05, 4.69) is 24.7 Å². The van der Waals surface area contributed by atoms with Gasteiger partial charge in [-0.15, -0.1) is 13.2 Å². The highest BCUT2D eigenvalue weighted by atomic mass is 19.4. The summed E-state index contributed by atoms with van der Waals surface area (Å²) in [6, 6.07) is 11.0. The lowest BCUT2D eigenvalue weighted by molar-refractivity contribution is -0.274. The lowest BCUT2D eigenvalue weighted by atomic mass is 10.1. The molecule has 0 spiro atoms. The largest absolute Gasteiger partial charge is 0.573 e. The number of hydrogen-bond acceptors (Lipinski definition) is 6. The summed E-state index contributed by atoms with van der Waals surface area (Å²) in [7, 11) is 1.61. The number of H-pyrrole nitrogens is 1. The van der Waals surface area contributed by atoms with Crippen LogP contribution < -0.4 is 20.3 Å². The molecule has 9 nitrogen and oxygen atoms in total. The van der Waals surface area contributed by atoms with E-state index in [-0.39, 0.29) is 29.8 Å². The monoisotopic (exact) mass is 495 g/mol. The fourth-order valence-electron chi connectivity index (χ4n) is 4.07. The maximum absolute atomic E-state index is 13.2. The van der Waals surface area contributed by atoms with Crippen LogP contribution in [0.25, 0.3) is 22.6 Å². The number of carbonyl (C=O) groups excluding carboxylic acids is 1. The number of fused-ring (bicyclic) bond motifs is 1. The molecule has 3 heterocycles. The number of alkyl halides is 3. The number of nitrogens with zero attached hydrogens (tertiary/aromatic N) is 5. The van der Waals surface area contributed by atoms with Crippen molar-refractivity contribution in [2.24, 2.45) is 0 Å². The normalized spacial score (nSPS) is 13.6. The second kappa shape index (κ2) is 8.56. The van der Waals surface area contributed by atoms with Gasteiger partial charge in [-0.3, -0.25) is 9.80 Å². The fraction of sp³-hybridized carbons (Fsp3) is 0.167. The number of nitrogens with one attached hydrogen (secondary N) is 1. The summed E-state index contributed by atoms with van der Waals surface area (Å²) in [5, 5.41) is 0. The SMILES string of the molecule is Cc1ccc(-c2ncc(-c3ccccc3OC(F)(F)F)[nH]2)cc1N1Cc2cnc(N)nc2N(C)C1=O. The summed E-state index contributed by atoms with van der Waals surface area (Å²) in [4.78, 5) is 31.8. The summed E-state index contributed by atoms with van der Waals surface area (Å²) in [5.74, 6) is 0.611. The topological polar surface area (TPSA) is 113 Å². The van der Waals surface area contributed by atoms with Crippen LogP contribution in [0.3, 0.4) is 0 Å². The van der Waals surface area contributed by atoms with Gasteiger partial charge in [-0.1, -0.05) is 24.3 Å². The Balaban J connectivity index is 1.49. The molecule has 0 saturated heterocycles. The molecule has 12 heteroatoms. The van der Waals surface area contributed by atoms with Crippen LogP contribution in [0, 0.1) is 6.92 Å². The third kappa shape index (κ3) is 4.28. The molecule has 0 radical (unpaired) electrons. The number of amides is 2. The van der Waals surface area contributed by atoms with Crippen molar-refractivity contribution in [2.45, 2.75) is 19.8 Å². The van der Waals surface area contributed by atoms with E-state index in [1.54, 1.807) is 30.3 Å². The molecule has 0 aliphatic carbocycles.